The molecule has 1 N–H and O–H groups in total. The van der Waals surface area contributed by atoms with E-state index in [9.17, 15) is 4.79 Å². The number of nitrogens with one attached hydrogen (secondary N) is 1. The molecule has 0 bridgehead atoms. The molecule has 0 saturated heterocycles. The van der Waals surface area contributed by atoms with E-state index in [0.717, 1.165) is 11.3 Å². The van der Waals surface area contributed by atoms with Crippen molar-refractivity contribution < 1.29 is 9.53 Å². The van der Waals surface area contributed by atoms with Gasteiger partial charge in [-0.1, -0.05) is 6.07 Å². The molecule has 1 aromatic rings. The number of hydrogen-bond donors (Lipinski definition) is 1. The standard InChI is InChI=1S/C11H16N2O2/c1-3-15-8-11(14)13-7-10-9(2)5-4-6-12-10/h4-6H,3,7-8H2,1-2H3,(H,13,14). The van der Waals surface area contributed by atoms with Gasteiger partial charge in [0, 0.05) is 12.8 Å². The Kier molecular flexibility index (Phi) is 4.77. The second kappa shape index (κ2) is 6.14. The summed E-state index contributed by atoms with van der Waals surface area (Å²) in [6.45, 7) is 4.95. The summed E-state index contributed by atoms with van der Waals surface area (Å²) in [6, 6.07) is 3.85. The van der Waals surface area contributed by atoms with Crippen LogP contribution in [0.5, 0.6) is 0 Å². The molecule has 1 amide bonds. The van der Waals surface area contributed by atoms with Crippen LogP contribution >= 0.6 is 0 Å². The minimum atomic E-state index is -0.109. The summed E-state index contributed by atoms with van der Waals surface area (Å²) in [6.07, 6.45) is 1.72. The van der Waals surface area contributed by atoms with E-state index in [1.54, 1.807) is 6.20 Å². The number of hydrogen-bond acceptors (Lipinski definition) is 3. The van der Waals surface area contributed by atoms with E-state index in [2.05, 4.69) is 10.3 Å². The second-order valence-electron chi connectivity index (χ2n) is 3.18. The van der Waals surface area contributed by atoms with Crippen LogP contribution in [0.15, 0.2) is 18.3 Å². The summed E-state index contributed by atoms with van der Waals surface area (Å²) in [5.41, 5.74) is 1.97. The molecule has 0 aliphatic heterocycles. The summed E-state index contributed by atoms with van der Waals surface area (Å²) in [5.74, 6) is -0.109. The van der Waals surface area contributed by atoms with Crippen molar-refractivity contribution in [2.24, 2.45) is 0 Å². The van der Waals surface area contributed by atoms with Crippen LogP contribution in [0.2, 0.25) is 0 Å². The summed E-state index contributed by atoms with van der Waals surface area (Å²) in [5, 5.41) is 2.75. The fourth-order valence-corrected chi connectivity index (χ4v) is 1.13. The summed E-state index contributed by atoms with van der Waals surface area (Å²) >= 11 is 0. The molecule has 0 spiro atoms. The molecule has 0 aromatic carbocycles. The molecule has 4 heteroatoms. The maximum Gasteiger partial charge on any atom is 0.246 e. The van der Waals surface area contributed by atoms with Crippen LogP contribution in [0, 0.1) is 6.92 Å². The Morgan fingerprint density at radius 1 is 1.60 bits per heavy atom. The molecular formula is C11H16N2O2. The Balaban J connectivity index is 2.37. The molecule has 0 aliphatic carbocycles. The van der Waals surface area contributed by atoms with Gasteiger partial charge in [-0.05, 0) is 25.5 Å². The van der Waals surface area contributed by atoms with Crippen molar-refractivity contribution in [1.29, 1.82) is 0 Å². The van der Waals surface area contributed by atoms with Crippen molar-refractivity contribution in [2.75, 3.05) is 13.2 Å². The highest BCUT2D eigenvalue weighted by Crippen LogP contribution is 2.01. The number of pyridine rings is 1. The molecule has 15 heavy (non-hydrogen) atoms. The first kappa shape index (κ1) is 11.7. The van der Waals surface area contributed by atoms with Gasteiger partial charge in [-0.15, -0.1) is 0 Å². The predicted octanol–water partition coefficient (Wildman–Crippen LogP) is 1.04. The fraction of sp³-hybridized carbons (Fsp3) is 0.455. The van der Waals surface area contributed by atoms with Gasteiger partial charge >= 0.3 is 0 Å². The normalized spacial score (nSPS) is 10.0. The average Bonchev–Trinajstić information content (AvgIpc) is 2.25. The smallest absolute Gasteiger partial charge is 0.246 e. The lowest BCUT2D eigenvalue weighted by Crippen LogP contribution is -2.27. The first-order chi connectivity index (χ1) is 7.24. The van der Waals surface area contributed by atoms with Gasteiger partial charge in [-0.3, -0.25) is 9.78 Å². The average molecular weight is 208 g/mol. The molecule has 0 fully saturated rings. The molecule has 0 atom stereocenters. The maximum atomic E-state index is 11.2. The molecule has 0 radical (unpaired) electrons. The monoisotopic (exact) mass is 208 g/mol. The van der Waals surface area contributed by atoms with Gasteiger partial charge in [-0.25, -0.2) is 0 Å². The quantitative estimate of drug-likeness (QED) is 0.786. The summed E-state index contributed by atoms with van der Waals surface area (Å²) in [4.78, 5) is 15.4. The first-order valence-electron chi connectivity index (χ1n) is 4.99. The minimum absolute atomic E-state index is 0.109. The number of ether oxygens (including phenoxy) is 1. The van der Waals surface area contributed by atoms with E-state index < -0.39 is 0 Å². The zero-order chi connectivity index (χ0) is 11.1. The van der Waals surface area contributed by atoms with Crippen LogP contribution in [0.4, 0.5) is 0 Å². The van der Waals surface area contributed by atoms with Crippen molar-refractivity contribution in [3.63, 3.8) is 0 Å². The third kappa shape index (κ3) is 4.08. The van der Waals surface area contributed by atoms with Gasteiger partial charge < -0.3 is 10.1 Å². The van der Waals surface area contributed by atoms with Gasteiger partial charge in [0.25, 0.3) is 0 Å². The topological polar surface area (TPSA) is 51.2 Å². The Hall–Kier alpha value is -1.42. The molecule has 1 aromatic heterocycles. The van der Waals surface area contributed by atoms with Crippen LogP contribution in [0.3, 0.4) is 0 Å². The van der Waals surface area contributed by atoms with Gasteiger partial charge in [0.1, 0.15) is 6.61 Å². The summed E-state index contributed by atoms with van der Waals surface area (Å²) in [7, 11) is 0. The third-order valence-electron chi connectivity index (χ3n) is 2.01. The van der Waals surface area contributed by atoms with Crippen LogP contribution < -0.4 is 5.32 Å². The van der Waals surface area contributed by atoms with Crippen molar-refractivity contribution in [1.82, 2.24) is 10.3 Å². The molecule has 0 saturated carbocycles. The maximum absolute atomic E-state index is 11.2. The lowest BCUT2D eigenvalue weighted by atomic mass is 10.2. The molecule has 0 aliphatic rings. The van der Waals surface area contributed by atoms with Crippen molar-refractivity contribution >= 4 is 5.91 Å². The molecule has 4 nitrogen and oxygen atoms in total. The molecule has 82 valence electrons. The van der Waals surface area contributed by atoms with Crippen LogP contribution in [0.25, 0.3) is 0 Å². The Morgan fingerprint density at radius 3 is 3.07 bits per heavy atom. The van der Waals surface area contributed by atoms with E-state index in [0.29, 0.717) is 13.2 Å². The zero-order valence-electron chi connectivity index (χ0n) is 9.12. The van der Waals surface area contributed by atoms with Crippen molar-refractivity contribution in [3.8, 4) is 0 Å². The number of nitrogens with zero attached hydrogens (tertiary/aromatic N) is 1. The zero-order valence-corrected chi connectivity index (χ0v) is 9.12. The predicted molar refractivity (Wildman–Crippen MR) is 57.3 cm³/mol. The largest absolute Gasteiger partial charge is 0.372 e. The number of rotatable bonds is 5. The minimum Gasteiger partial charge on any atom is -0.372 e. The molecule has 0 unspecified atom stereocenters. The Bertz CT molecular complexity index is 326. The Labute approximate surface area is 89.7 Å². The lowest BCUT2D eigenvalue weighted by Gasteiger charge is -2.06. The number of carbonyl (C=O) groups excluding carboxylic acids is 1. The lowest BCUT2D eigenvalue weighted by molar-refractivity contribution is -0.125. The number of aryl methyl sites for hydroxylation is 1. The molecule has 1 heterocycles. The van der Waals surface area contributed by atoms with E-state index in [1.807, 2.05) is 26.0 Å². The number of aromatic nitrogens is 1. The van der Waals surface area contributed by atoms with E-state index in [-0.39, 0.29) is 12.5 Å². The number of amides is 1. The fourth-order valence-electron chi connectivity index (χ4n) is 1.13. The van der Waals surface area contributed by atoms with E-state index >= 15 is 0 Å². The third-order valence-corrected chi connectivity index (χ3v) is 2.01. The van der Waals surface area contributed by atoms with Crippen LogP contribution in [-0.2, 0) is 16.1 Å². The SMILES string of the molecule is CCOCC(=O)NCc1ncccc1C. The van der Waals surface area contributed by atoms with Crippen LogP contribution in [-0.4, -0.2) is 24.1 Å². The van der Waals surface area contributed by atoms with E-state index in [4.69, 9.17) is 4.74 Å². The Morgan fingerprint density at radius 2 is 2.40 bits per heavy atom. The van der Waals surface area contributed by atoms with Gasteiger partial charge in [0.05, 0.1) is 12.2 Å². The summed E-state index contributed by atoms with van der Waals surface area (Å²) < 4.78 is 4.98. The van der Waals surface area contributed by atoms with Gasteiger partial charge in [0.15, 0.2) is 0 Å². The molecular weight excluding hydrogens is 192 g/mol. The highest BCUT2D eigenvalue weighted by Gasteiger charge is 2.02. The van der Waals surface area contributed by atoms with Gasteiger partial charge in [-0.2, -0.15) is 0 Å². The van der Waals surface area contributed by atoms with E-state index in [1.165, 1.54) is 0 Å². The van der Waals surface area contributed by atoms with Crippen LogP contribution in [0.1, 0.15) is 18.2 Å². The highest BCUT2D eigenvalue weighted by molar-refractivity contribution is 5.77. The molecule has 1 rings (SSSR count). The second-order valence-corrected chi connectivity index (χ2v) is 3.18. The highest BCUT2D eigenvalue weighted by atomic mass is 16.5. The first-order valence-corrected chi connectivity index (χ1v) is 4.99. The van der Waals surface area contributed by atoms with Crippen molar-refractivity contribution in [3.05, 3.63) is 29.6 Å². The van der Waals surface area contributed by atoms with Gasteiger partial charge in [0.2, 0.25) is 5.91 Å². The number of carbonyl (C=O) groups is 1. The van der Waals surface area contributed by atoms with Crippen molar-refractivity contribution in [2.45, 2.75) is 20.4 Å².